The van der Waals surface area contributed by atoms with Gasteiger partial charge >= 0.3 is 0 Å². The molecule has 1 aliphatic carbocycles. The molecule has 2 rings (SSSR count). The number of thiazole rings is 1. The predicted molar refractivity (Wildman–Crippen MR) is 62.0 cm³/mol. The van der Waals surface area contributed by atoms with Crippen LogP contribution < -0.4 is 5.32 Å². The van der Waals surface area contributed by atoms with E-state index in [0.29, 0.717) is 0 Å². The molecule has 1 saturated carbocycles. The van der Waals surface area contributed by atoms with Crippen molar-refractivity contribution in [3.8, 4) is 0 Å². The van der Waals surface area contributed by atoms with Crippen molar-refractivity contribution in [1.29, 1.82) is 0 Å². The van der Waals surface area contributed by atoms with E-state index < -0.39 is 0 Å². The number of nitrogens with zero attached hydrogens (tertiary/aromatic N) is 1. The molecule has 0 spiro atoms. The Morgan fingerprint density at radius 3 is 3.07 bits per heavy atom. The first kappa shape index (κ1) is 11.0. The van der Waals surface area contributed by atoms with Crippen molar-refractivity contribution < 1.29 is 4.74 Å². The molecule has 1 aliphatic rings. The van der Waals surface area contributed by atoms with Gasteiger partial charge in [-0.25, -0.2) is 4.98 Å². The molecule has 1 unspecified atom stereocenters. The third-order valence-corrected chi connectivity index (χ3v) is 3.64. The molecule has 1 fully saturated rings. The minimum absolute atomic E-state index is 0.171. The second kappa shape index (κ2) is 5.05. The number of aromatic nitrogens is 1. The van der Waals surface area contributed by atoms with Crippen molar-refractivity contribution >= 4 is 11.3 Å². The van der Waals surface area contributed by atoms with E-state index >= 15 is 0 Å². The molecular weight excluding hydrogens is 208 g/mol. The molecule has 0 saturated heterocycles. The summed E-state index contributed by atoms with van der Waals surface area (Å²) in [5.41, 5.74) is 1.15. The molecular formula is C11H18N2OS. The van der Waals surface area contributed by atoms with Crippen molar-refractivity contribution in [3.05, 3.63) is 16.1 Å². The van der Waals surface area contributed by atoms with Crippen molar-refractivity contribution in [2.45, 2.75) is 44.9 Å². The lowest BCUT2D eigenvalue weighted by atomic mass is 10.3. The Labute approximate surface area is 94.9 Å². The minimum Gasteiger partial charge on any atom is -0.374 e. The average molecular weight is 226 g/mol. The summed E-state index contributed by atoms with van der Waals surface area (Å²) < 4.78 is 5.36. The zero-order chi connectivity index (χ0) is 10.7. The van der Waals surface area contributed by atoms with Gasteiger partial charge in [-0.1, -0.05) is 6.92 Å². The molecule has 0 aromatic carbocycles. The molecule has 4 heteroatoms. The van der Waals surface area contributed by atoms with E-state index in [4.69, 9.17) is 4.74 Å². The molecule has 0 radical (unpaired) electrons. The molecule has 0 bridgehead atoms. The summed E-state index contributed by atoms with van der Waals surface area (Å²) in [4.78, 5) is 4.58. The first-order valence-corrected chi connectivity index (χ1v) is 6.42. The quantitative estimate of drug-likeness (QED) is 0.809. The largest absolute Gasteiger partial charge is 0.374 e. The van der Waals surface area contributed by atoms with Gasteiger partial charge in [0.05, 0.1) is 5.69 Å². The van der Waals surface area contributed by atoms with Crippen molar-refractivity contribution in [3.63, 3.8) is 0 Å². The highest BCUT2D eigenvalue weighted by molar-refractivity contribution is 7.09. The number of nitrogens with one attached hydrogen (secondary N) is 1. The van der Waals surface area contributed by atoms with E-state index in [1.807, 2.05) is 0 Å². The van der Waals surface area contributed by atoms with Gasteiger partial charge < -0.3 is 10.1 Å². The fourth-order valence-corrected chi connectivity index (χ4v) is 2.51. The standard InChI is InChI=1S/C11H18N2OS/c1-3-10(14-2)11-13-9(7-15-11)6-12-8-4-5-8/h7-8,10,12H,3-6H2,1-2H3. The van der Waals surface area contributed by atoms with E-state index in [9.17, 15) is 0 Å². The van der Waals surface area contributed by atoms with E-state index in [1.165, 1.54) is 12.8 Å². The molecule has 0 aliphatic heterocycles. The van der Waals surface area contributed by atoms with Gasteiger partial charge in [0.25, 0.3) is 0 Å². The van der Waals surface area contributed by atoms with Crippen LogP contribution in [-0.2, 0) is 11.3 Å². The number of hydrogen-bond acceptors (Lipinski definition) is 4. The first-order valence-electron chi connectivity index (χ1n) is 5.54. The van der Waals surface area contributed by atoms with Crippen LogP contribution >= 0.6 is 11.3 Å². The van der Waals surface area contributed by atoms with Crippen molar-refractivity contribution in [1.82, 2.24) is 10.3 Å². The molecule has 1 aromatic heterocycles. The van der Waals surface area contributed by atoms with Crippen molar-refractivity contribution in [2.24, 2.45) is 0 Å². The summed E-state index contributed by atoms with van der Waals surface area (Å²) in [6.07, 6.45) is 3.81. The maximum Gasteiger partial charge on any atom is 0.122 e. The van der Waals surface area contributed by atoms with Crippen LogP contribution in [0, 0.1) is 0 Å². The zero-order valence-electron chi connectivity index (χ0n) is 9.32. The van der Waals surface area contributed by atoms with Gasteiger partial charge in [-0.05, 0) is 19.3 Å². The minimum atomic E-state index is 0.171. The summed E-state index contributed by atoms with van der Waals surface area (Å²) in [5.74, 6) is 0. The summed E-state index contributed by atoms with van der Waals surface area (Å²) in [6.45, 7) is 3.03. The fraction of sp³-hybridized carbons (Fsp3) is 0.727. The molecule has 1 aromatic rings. The Kier molecular flexibility index (Phi) is 3.72. The number of rotatable bonds is 6. The summed E-state index contributed by atoms with van der Waals surface area (Å²) >= 11 is 1.70. The van der Waals surface area contributed by atoms with Crippen LogP contribution in [0.1, 0.15) is 43.0 Å². The molecule has 0 amide bonds. The number of ether oxygens (including phenoxy) is 1. The zero-order valence-corrected chi connectivity index (χ0v) is 10.1. The van der Waals surface area contributed by atoms with E-state index in [1.54, 1.807) is 18.4 Å². The second-order valence-corrected chi connectivity index (χ2v) is 4.85. The lowest BCUT2D eigenvalue weighted by Crippen LogP contribution is -2.15. The van der Waals surface area contributed by atoms with Crippen LogP contribution in [0.3, 0.4) is 0 Å². The topological polar surface area (TPSA) is 34.1 Å². The number of methoxy groups -OCH3 is 1. The summed E-state index contributed by atoms with van der Waals surface area (Å²) in [6, 6.07) is 0.750. The van der Waals surface area contributed by atoms with Crippen molar-refractivity contribution in [2.75, 3.05) is 7.11 Å². The smallest absolute Gasteiger partial charge is 0.122 e. The lowest BCUT2D eigenvalue weighted by Gasteiger charge is -2.08. The Balaban J connectivity index is 1.89. The SMILES string of the molecule is CCC(OC)c1nc(CNC2CC2)cs1. The monoisotopic (exact) mass is 226 g/mol. The van der Waals surface area contributed by atoms with Crippen LogP contribution in [0.15, 0.2) is 5.38 Å². The molecule has 1 N–H and O–H groups in total. The van der Waals surface area contributed by atoms with Gasteiger partial charge in [0, 0.05) is 25.1 Å². The van der Waals surface area contributed by atoms with Gasteiger partial charge in [-0.15, -0.1) is 11.3 Å². The summed E-state index contributed by atoms with van der Waals surface area (Å²) in [5, 5.41) is 6.70. The third-order valence-electron chi connectivity index (χ3n) is 2.65. The Hall–Kier alpha value is -0.450. The number of hydrogen-bond donors (Lipinski definition) is 1. The first-order chi connectivity index (χ1) is 7.33. The van der Waals surface area contributed by atoms with Crippen LogP contribution in [0.4, 0.5) is 0 Å². The van der Waals surface area contributed by atoms with Crippen LogP contribution in [0.5, 0.6) is 0 Å². The molecule has 3 nitrogen and oxygen atoms in total. The lowest BCUT2D eigenvalue weighted by molar-refractivity contribution is 0.0996. The Morgan fingerprint density at radius 2 is 2.47 bits per heavy atom. The highest BCUT2D eigenvalue weighted by Gasteiger charge is 2.20. The van der Waals surface area contributed by atoms with Gasteiger partial charge in [-0.3, -0.25) is 0 Å². The highest BCUT2D eigenvalue weighted by Crippen LogP contribution is 2.24. The van der Waals surface area contributed by atoms with E-state index in [0.717, 1.165) is 29.7 Å². The van der Waals surface area contributed by atoms with Crippen LogP contribution in [0.25, 0.3) is 0 Å². The maximum atomic E-state index is 5.36. The van der Waals surface area contributed by atoms with Gasteiger partial charge in [0.2, 0.25) is 0 Å². The highest BCUT2D eigenvalue weighted by atomic mass is 32.1. The third kappa shape index (κ3) is 3.00. The average Bonchev–Trinajstić information content (AvgIpc) is 2.97. The molecule has 84 valence electrons. The maximum absolute atomic E-state index is 5.36. The second-order valence-electron chi connectivity index (χ2n) is 3.96. The summed E-state index contributed by atoms with van der Waals surface area (Å²) in [7, 11) is 1.75. The Bertz CT molecular complexity index is 305. The Morgan fingerprint density at radius 1 is 1.67 bits per heavy atom. The molecule has 1 atom stereocenters. The van der Waals surface area contributed by atoms with E-state index in [2.05, 4.69) is 22.6 Å². The van der Waals surface area contributed by atoms with Gasteiger partial charge in [-0.2, -0.15) is 0 Å². The van der Waals surface area contributed by atoms with Gasteiger partial charge in [0.15, 0.2) is 0 Å². The normalized spacial score (nSPS) is 18.0. The predicted octanol–water partition coefficient (Wildman–Crippen LogP) is 2.49. The van der Waals surface area contributed by atoms with Crippen LogP contribution in [0.2, 0.25) is 0 Å². The van der Waals surface area contributed by atoms with Crippen LogP contribution in [-0.4, -0.2) is 18.1 Å². The molecule has 15 heavy (non-hydrogen) atoms. The fourth-order valence-electron chi connectivity index (χ4n) is 1.53. The molecule has 1 heterocycles. The van der Waals surface area contributed by atoms with E-state index in [-0.39, 0.29) is 6.10 Å². The van der Waals surface area contributed by atoms with Gasteiger partial charge in [0.1, 0.15) is 11.1 Å².